The Kier molecular flexibility index (Phi) is 5.36. The molecular formula is C18H24N4O2. The maximum Gasteiger partial charge on any atom is 0.321 e. The number of carbonyl (C=O) groups excluding carboxylic acids is 1. The highest BCUT2D eigenvalue weighted by Crippen LogP contribution is 2.16. The van der Waals surface area contributed by atoms with Crippen molar-refractivity contribution in [3.05, 3.63) is 41.8 Å². The molecule has 0 bridgehead atoms. The molecule has 2 amide bonds. The van der Waals surface area contributed by atoms with Crippen LogP contribution in [0.1, 0.15) is 37.1 Å². The summed E-state index contributed by atoms with van der Waals surface area (Å²) in [5, 5.41) is 10.1. The Bertz CT molecular complexity index is 658. The molecule has 1 aliphatic heterocycles. The van der Waals surface area contributed by atoms with E-state index in [-0.39, 0.29) is 6.03 Å². The molecule has 6 nitrogen and oxygen atoms in total. The Morgan fingerprint density at radius 1 is 1.12 bits per heavy atom. The molecule has 24 heavy (non-hydrogen) atoms. The van der Waals surface area contributed by atoms with Crippen LogP contribution in [0.2, 0.25) is 0 Å². The van der Waals surface area contributed by atoms with Gasteiger partial charge in [-0.3, -0.25) is 0 Å². The average molecular weight is 328 g/mol. The second-order valence-electron chi connectivity index (χ2n) is 6.20. The molecule has 3 rings (SSSR count). The van der Waals surface area contributed by atoms with Gasteiger partial charge >= 0.3 is 6.03 Å². The lowest BCUT2D eigenvalue weighted by atomic mass is 10.2. The summed E-state index contributed by atoms with van der Waals surface area (Å²) >= 11 is 0. The molecule has 0 saturated carbocycles. The van der Waals surface area contributed by atoms with Crippen molar-refractivity contribution >= 4 is 17.4 Å². The van der Waals surface area contributed by atoms with E-state index >= 15 is 0 Å². The highest BCUT2D eigenvalue weighted by molar-refractivity contribution is 5.89. The quantitative estimate of drug-likeness (QED) is 0.890. The topological polar surface area (TPSA) is 70.4 Å². The van der Waals surface area contributed by atoms with Gasteiger partial charge in [0.2, 0.25) is 0 Å². The minimum absolute atomic E-state index is 0.00487. The summed E-state index contributed by atoms with van der Waals surface area (Å²) < 4.78 is 5.16. The number of aromatic nitrogens is 1. The summed E-state index contributed by atoms with van der Waals surface area (Å²) in [4.78, 5) is 14.2. The lowest BCUT2D eigenvalue weighted by Gasteiger charge is -2.20. The van der Waals surface area contributed by atoms with Crippen molar-refractivity contribution in [2.75, 3.05) is 23.7 Å². The maximum absolute atomic E-state index is 12.3. The van der Waals surface area contributed by atoms with Gasteiger partial charge in [-0.1, -0.05) is 18.0 Å². The summed E-state index contributed by atoms with van der Waals surface area (Å²) in [6.07, 6.45) is 4.62. The van der Waals surface area contributed by atoms with Gasteiger partial charge in [0, 0.05) is 30.5 Å². The predicted octanol–water partition coefficient (Wildman–Crippen LogP) is 4.00. The Labute approximate surface area is 142 Å². The smallest absolute Gasteiger partial charge is 0.321 e. The first-order valence-electron chi connectivity index (χ1n) is 8.53. The van der Waals surface area contributed by atoms with Crippen molar-refractivity contribution in [1.29, 1.82) is 0 Å². The largest absolute Gasteiger partial charge is 0.378 e. The molecule has 6 heteroatoms. The second-order valence-corrected chi connectivity index (χ2v) is 6.20. The Morgan fingerprint density at radius 2 is 1.79 bits per heavy atom. The molecule has 1 aromatic carbocycles. The minimum atomic E-state index is -0.00487. The van der Waals surface area contributed by atoms with E-state index in [1.807, 2.05) is 42.2 Å². The number of nitrogens with zero attached hydrogens (tertiary/aromatic N) is 2. The van der Waals surface area contributed by atoms with Crippen LogP contribution in [0.15, 0.2) is 34.9 Å². The molecule has 2 heterocycles. The molecule has 1 aliphatic rings. The number of likely N-dealkylation sites (tertiary alicyclic amines) is 1. The Morgan fingerprint density at radius 3 is 2.42 bits per heavy atom. The van der Waals surface area contributed by atoms with Crippen molar-refractivity contribution in [2.24, 2.45) is 0 Å². The zero-order valence-electron chi connectivity index (χ0n) is 14.0. The number of amides is 2. The van der Waals surface area contributed by atoms with E-state index in [2.05, 4.69) is 15.8 Å². The fourth-order valence-corrected chi connectivity index (χ4v) is 2.84. The van der Waals surface area contributed by atoms with Crippen LogP contribution < -0.4 is 10.6 Å². The van der Waals surface area contributed by atoms with E-state index in [4.69, 9.17) is 4.52 Å². The summed E-state index contributed by atoms with van der Waals surface area (Å²) in [6, 6.07) is 9.60. The number of hydrogen-bond acceptors (Lipinski definition) is 4. The van der Waals surface area contributed by atoms with Gasteiger partial charge in [-0.15, -0.1) is 0 Å². The van der Waals surface area contributed by atoms with Crippen molar-refractivity contribution in [3.8, 4) is 0 Å². The van der Waals surface area contributed by atoms with Crippen LogP contribution in [-0.2, 0) is 6.54 Å². The Hall–Kier alpha value is -2.50. The van der Waals surface area contributed by atoms with E-state index in [1.54, 1.807) is 0 Å². The zero-order chi connectivity index (χ0) is 16.8. The van der Waals surface area contributed by atoms with Crippen molar-refractivity contribution in [1.82, 2.24) is 10.1 Å². The van der Waals surface area contributed by atoms with Gasteiger partial charge in [0.05, 0.1) is 12.2 Å². The number of hydrogen-bond donors (Lipinski definition) is 2. The van der Waals surface area contributed by atoms with E-state index in [1.165, 1.54) is 12.8 Å². The van der Waals surface area contributed by atoms with Crippen LogP contribution >= 0.6 is 0 Å². The predicted molar refractivity (Wildman–Crippen MR) is 94.1 cm³/mol. The molecule has 0 radical (unpaired) electrons. The van der Waals surface area contributed by atoms with E-state index in [0.29, 0.717) is 6.54 Å². The maximum atomic E-state index is 12.3. The van der Waals surface area contributed by atoms with Gasteiger partial charge in [0.15, 0.2) is 5.76 Å². The van der Waals surface area contributed by atoms with Crippen molar-refractivity contribution < 1.29 is 9.32 Å². The van der Waals surface area contributed by atoms with E-state index in [0.717, 1.165) is 48.8 Å². The minimum Gasteiger partial charge on any atom is -0.378 e. The molecule has 1 saturated heterocycles. The van der Waals surface area contributed by atoms with Gasteiger partial charge in [0.25, 0.3) is 0 Å². The standard InChI is InChI=1S/C18H24N4O2/c1-14-12-17(24-21-14)13-19-15-6-8-16(9-7-15)20-18(23)22-10-4-2-3-5-11-22/h6-9,12,19H,2-5,10-11,13H2,1H3,(H,20,23). The molecule has 0 spiro atoms. The summed E-state index contributed by atoms with van der Waals surface area (Å²) in [7, 11) is 0. The van der Waals surface area contributed by atoms with Crippen LogP contribution in [0.5, 0.6) is 0 Å². The monoisotopic (exact) mass is 328 g/mol. The zero-order valence-corrected chi connectivity index (χ0v) is 14.0. The van der Waals surface area contributed by atoms with Crippen LogP contribution in [0.3, 0.4) is 0 Å². The number of rotatable bonds is 4. The fourth-order valence-electron chi connectivity index (χ4n) is 2.84. The highest BCUT2D eigenvalue weighted by atomic mass is 16.5. The molecule has 1 aromatic heterocycles. The molecule has 2 aromatic rings. The first-order chi connectivity index (χ1) is 11.7. The first-order valence-corrected chi connectivity index (χ1v) is 8.53. The molecule has 128 valence electrons. The molecule has 1 fully saturated rings. The molecule has 0 unspecified atom stereocenters. The van der Waals surface area contributed by atoms with Crippen LogP contribution in [0.25, 0.3) is 0 Å². The van der Waals surface area contributed by atoms with Crippen LogP contribution in [0, 0.1) is 6.92 Å². The van der Waals surface area contributed by atoms with Crippen molar-refractivity contribution in [2.45, 2.75) is 39.2 Å². The number of aryl methyl sites for hydroxylation is 1. The summed E-state index contributed by atoms with van der Waals surface area (Å²) in [5.74, 6) is 0.797. The van der Waals surface area contributed by atoms with Crippen molar-refractivity contribution in [3.63, 3.8) is 0 Å². The van der Waals surface area contributed by atoms with Crippen LogP contribution in [0.4, 0.5) is 16.2 Å². The highest BCUT2D eigenvalue weighted by Gasteiger charge is 2.15. The number of urea groups is 1. The lowest BCUT2D eigenvalue weighted by Crippen LogP contribution is -2.35. The molecule has 0 atom stereocenters. The average Bonchev–Trinajstić information content (AvgIpc) is 2.84. The van der Waals surface area contributed by atoms with E-state index < -0.39 is 0 Å². The fraction of sp³-hybridized carbons (Fsp3) is 0.444. The van der Waals surface area contributed by atoms with Crippen LogP contribution in [-0.4, -0.2) is 29.2 Å². The third kappa shape index (κ3) is 4.50. The number of carbonyl (C=O) groups is 1. The SMILES string of the molecule is Cc1cc(CNc2ccc(NC(=O)N3CCCCCC3)cc2)on1. The molecular weight excluding hydrogens is 304 g/mol. The van der Waals surface area contributed by atoms with E-state index in [9.17, 15) is 4.79 Å². The van der Waals surface area contributed by atoms with Gasteiger partial charge in [0.1, 0.15) is 0 Å². The van der Waals surface area contributed by atoms with Gasteiger partial charge < -0.3 is 20.1 Å². The number of anilines is 2. The third-order valence-electron chi connectivity index (χ3n) is 4.17. The normalized spacial score (nSPS) is 15.0. The first kappa shape index (κ1) is 16.4. The Balaban J connectivity index is 1.51. The molecule has 2 N–H and O–H groups in total. The van der Waals surface area contributed by atoms with Gasteiger partial charge in [-0.05, 0) is 44.0 Å². The molecule has 0 aliphatic carbocycles. The second kappa shape index (κ2) is 7.86. The summed E-state index contributed by atoms with van der Waals surface area (Å²) in [6.45, 7) is 4.18. The van der Waals surface area contributed by atoms with Gasteiger partial charge in [-0.25, -0.2) is 4.79 Å². The van der Waals surface area contributed by atoms with Gasteiger partial charge in [-0.2, -0.15) is 0 Å². The third-order valence-corrected chi connectivity index (χ3v) is 4.17. The number of benzene rings is 1. The lowest BCUT2D eigenvalue weighted by molar-refractivity contribution is 0.214. The number of nitrogens with one attached hydrogen (secondary N) is 2. The summed E-state index contributed by atoms with van der Waals surface area (Å²) in [5.41, 5.74) is 2.65.